The molecule has 2 heterocycles. The summed E-state index contributed by atoms with van der Waals surface area (Å²) in [6.45, 7) is 0. The van der Waals surface area contributed by atoms with Gasteiger partial charge in [0.25, 0.3) is 0 Å². The number of hydrogen-bond acceptors (Lipinski definition) is 4. The smallest absolute Gasteiger partial charge is 0.416 e. The number of fused-ring (bicyclic) bond motifs is 1. The lowest BCUT2D eigenvalue weighted by Crippen LogP contribution is -2.04. The third-order valence-electron chi connectivity index (χ3n) is 3.70. The van der Waals surface area contributed by atoms with E-state index < -0.39 is 11.7 Å². The second kappa shape index (κ2) is 6.14. The van der Waals surface area contributed by atoms with E-state index in [4.69, 9.17) is 4.74 Å². The Morgan fingerprint density at radius 2 is 1.77 bits per heavy atom. The van der Waals surface area contributed by atoms with Gasteiger partial charge in [-0.1, -0.05) is 0 Å². The normalized spacial score (nSPS) is 11.7. The van der Waals surface area contributed by atoms with Gasteiger partial charge in [-0.25, -0.2) is 9.97 Å². The fraction of sp³-hybridized carbons (Fsp3) is 0.0556. The maximum Gasteiger partial charge on any atom is 0.416 e. The molecule has 0 saturated carbocycles. The molecule has 0 radical (unpaired) electrons. The Balaban J connectivity index is 1.61. The number of hydrogen-bond donors (Lipinski definition) is 1. The first-order chi connectivity index (χ1) is 12.5. The average molecular weight is 356 g/mol. The number of aromatic nitrogens is 4. The van der Waals surface area contributed by atoms with E-state index in [-0.39, 0.29) is 0 Å². The molecule has 2 aromatic heterocycles. The largest absolute Gasteiger partial charge is 0.438 e. The van der Waals surface area contributed by atoms with Crippen molar-refractivity contribution in [3.8, 4) is 23.0 Å². The SMILES string of the molecule is FC(F)(F)c1ccc2nc(-c3ccc(Oc4cnccn4)cc3)[nH]c2c1. The highest BCUT2D eigenvalue weighted by atomic mass is 19.4. The molecule has 0 fully saturated rings. The van der Waals surface area contributed by atoms with E-state index in [1.165, 1.54) is 18.5 Å². The molecule has 26 heavy (non-hydrogen) atoms. The summed E-state index contributed by atoms with van der Waals surface area (Å²) in [6, 6.07) is 10.4. The van der Waals surface area contributed by atoms with Crippen molar-refractivity contribution in [1.29, 1.82) is 0 Å². The average Bonchev–Trinajstić information content (AvgIpc) is 3.06. The number of rotatable bonds is 3. The second-order valence-corrected chi connectivity index (χ2v) is 5.49. The minimum atomic E-state index is -4.39. The van der Waals surface area contributed by atoms with E-state index in [0.29, 0.717) is 28.5 Å². The van der Waals surface area contributed by atoms with Crippen LogP contribution in [0.2, 0.25) is 0 Å². The first-order valence-electron chi connectivity index (χ1n) is 7.60. The summed E-state index contributed by atoms with van der Waals surface area (Å²) in [6.07, 6.45) is 0.166. The van der Waals surface area contributed by atoms with Gasteiger partial charge in [0, 0.05) is 18.0 Å². The van der Waals surface area contributed by atoms with Crippen molar-refractivity contribution in [2.24, 2.45) is 0 Å². The van der Waals surface area contributed by atoms with Crippen LogP contribution in [0.5, 0.6) is 11.6 Å². The number of imidazole rings is 1. The van der Waals surface area contributed by atoms with Gasteiger partial charge < -0.3 is 9.72 Å². The van der Waals surface area contributed by atoms with E-state index in [2.05, 4.69) is 19.9 Å². The van der Waals surface area contributed by atoms with Crippen LogP contribution in [0.3, 0.4) is 0 Å². The Kier molecular flexibility index (Phi) is 3.80. The van der Waals surface area contributed by atoms with E-state index >= 15 is 0 Å². The molecule has 0 bridgehead atoms. The number of benzene rings is 2. The van der Waals surface area contributed by atoms with Crippen LogP contribution in [0, 0.1) is 0 Å². The minimum Gasteiger partial charge on any atom is -0.438 e. The second-order valence-electron chi connectivity index (χ2n) is 5.49. The first kappa shape index (κ1) is 16.1. The van der Waals surface area contributed by atoms with Crippen molar-refractivity contribution >= 4 is 11.0 Å². The molecule has 0 unspecified atom stereocenters. The van der Waals surface area contributed by atoms with Crippen LogP contribution in [0.25, 0.3) is 22.4 Å². The monoisotopic (exact) mass is 356 g/mol. The Labute approximate surface area is 145 Å². The lowest BCUT2D eigenvalue weighted by molar-refractivity contribution is -0.137. The molecule has 0 atom stereocenters. The molecule has 1 N–H and O–H groups in total. The maximum atomic E-state index is 12.8. The number of H-pyrrole nitrogens is 1. The fourth-order valence-electron chi connectivity index (χ4n) is 2.46. The number of halogens is 3. The topological polar surface area (TPSA) is 63.7 Å². The van der Waals surface area contributed by atoms with Crippen LogP contribution < -0.4 is 4.74 Å². The van der Waals surface area contributed by atoms with Crippen LogP contribution >= 0.6 is 0 Å². The molecule has 8 heteroatoms. The Bertz CT molecular complexity index is 1040. The molecule has 0 amide bonds. The third-order valence-corrected chi connectivity index (χ3v) is 3.70. The van der Waals surface area contributed by atoms with Gasteiger partial charge in [0.05, 0.1) is 22.8 Å². The Morgan fingerprint density at radius 1 is 0.962 bits per heavy atom. The van der Waals surface area contributed by atoms with Crippen LogP contribution in [-0.4, -0.2) is 19.9 Å². The number of nitrogens with one attached hydrogen (secondary N) is 1. The first-order valence-corrected chi connectivity index (χ1v) is 7.60. The van der Waals surface area contributed by atoms with Gasteiger partial charge in [0.1, 0.15) is 11.6 Å². The van der Waals surface area contributed by atoms with Crippen molar-refractivity contribution in [1.82, 2.24) is 19.9 Å². The molecular formula is C18H11F3N4O. The molecule has 2 aromatic carbocycles. The van der Waals surface area contributed by atoms with Gasteiger partial charge in [-0.05, 0) is 42.5 Å². The predicted molar refractivity (Wildman–Crippen MR) is 88.6 cm³/mol. The molecule has 0 saturated heterocycles. The molecule has 0 aliphatic heterocycles. The zero-order chi connectivity index (χ0) is 18.1. The minimum absolute atomic E-state index is 0.328. The highest BCUT2D eigenvalue weighted by Crippen LogP contribution is 2.32. The van der Waals surface area contributed by atoms with Gasteiger partial charge in [-0.3, -0.25) is 4.98 Å². The van der Waals surface area contributed by atoms with Crippen LogP contribution in [0.1, 0.15) is 5.56 Å². The molecule has 130 valence electrons. The summed E-state index contributed by atoms with van der Waals surface area (Å²) in [7, 11) is 0. The van der Waals surface area contributed by atoms with Crippen LogP contribution in [0.4, 0.5) is 13.2 Å². The Hall–Kier alpha value is -3.42. The zero-order valence-electron chi connectivity index (χ0n) is 13.2. The highest BCUT2D eigenvalue weighted by molar-refractivity contribution is 5.80. The highest BCUT2D eigenvalue weighted by Gasteiger charge is 2.30. The van der Waals surface area contributed by atoms with Crippen molar-refractivity contribution in [3.63, 3.8) is 0 Å². The van der Waals surface area contributed by atoms with E-state index in [9.17, 15) is 13.2 Å². The summed E-state index contributed by atoms with van der Waals surface area (Å²) < 4.78 is 44.0. The summed E-state index contributed by atoms with van der Waals surface area (Å²) in [5, 5.41) is 0. The van der Waals surface area contributed by atoms with Gasteiger partial charge >= 0.3 is 6.18 Å². The zero-order valence-corrected chi connectivity index (χ0v) is 13.2. The van der Waals surface area contributed by atoms with Crippen molar-refractivity contribution in [2.75, 3.05) is 0 Å². The van der Waals surface area contributed by atoms with E-state index in [0.717, 1.165) is 17.7 Å². The molecule has 5 nitrogen and oxygen atoms in total. The molecule has 0 aliphatic rings. The molecule has 0 aliphatic carbocycles. The number of aromatic amines is 1. The van der Waals surface area contributed by atoms with E-state index in [1.807, 2.05) is 0 Å². The maximum absolute atomic E-state index is 12.8. The quantitative estimate of drug-likeness (QED) is 0.571. The summed E-state index contributed by atoms with van der Waals surface area (Å²) in [4.78, 5) is 15.2. The lowest BCUT2D eigenvalue weighted by Gasteiger charge is -2.05. The summed E-state index contributed by atoms with van der Waals surface area (Å²) in [5.74, 6) is 1.40. The van der Waals surface area contributed by atoms with Gasteiger partial charge in [-0.2, -0.15) is 13.2 Å². The molecular weight excluding hydrogens is 345 g/mol. The number of alkyl halides is 3. The summed E-state index contributed by atoms with van der Waals surface area (Å²) >= 11 is 0. The van der Waals surface area contributed by atoms with Gasteiger partial charge in [0.15, 0.2) is 0 Å². The van der Waals surface area contributed by atoms with Gasteiger partial charge in [0.2, 0.25) is 5.88 Å². The van der Waals surface area contributed by atoms with Crippen LogP contribution in [0.15, 0.2) is 61.1 Å². The fourth-order valence-corrected chi connectivity index (χ4v) is 2.46. The predicted octanol–water partition coefficient (Wildman–Crippen LogP) is 4.83. The number of nitrogens with zero attached hydrogens (tertiary/aromatic N) is 3. The lowest BCUT2D eigenvalue weighted by atomic mass is 10.2. The van der Waals surface area contributed by atoms with E-state index in [1.54, 1.807) is 30.5 Å². The number of ether oxygens (including phenoxy) is 1. The molecule has 0 spiro atoms. The molecule has 4 aromatic rings. The van der Waals surface area contributed by atoms with Crippen LogP contribution in [-0.2, 0) is 6.18 Å². The summed E-state index contributed by atoms with van der Waals surface area (Å²) in [5.41, 5.74) is 0.803. The van der Waals surface area contributed by atoms with Gasteiger partial charge in [-0.15, -0.1) is 0 Å². The Morgan fingerprint density at radius 3 is 2.46 bits per heavy atom. The van der Waals surface area contributed by atoms with Crippen molar-refractivity contribution in [2.45, 2.75) is 6.18 Å². The van der Waals surface area contributed by atoms with Crippen molar-refractivity contribution < 1.29 is 17.9 Å². The molecule has 4 rings (SSSR count). The van der Waals surface area contributed by atoms with Crippen molar-refractivity contribution in [3.05, 3.63) is 66.6 Å². The standard InChI is InChI=1S/C18H11F3N4O/c19-18(20,21)12-3-6-14-15(9-12)25-17(24-14)11-1-4-13(5-2-11)26-16-10-22-7-8-23-16/h1-10H,(H,24,25). The third kappa shape index (κ3) is 3.21.